The molecule has 4 aliphatic carbocycles. The number of benzene rings is 1. The SMILES string of the molecule is C[C@]12C=CC(=O)C=C1[C@@H](F)CC1[C@@H]3C[C@H]4CN(Cc5ccccc5)C[C@@]4(C(=O)O)[C@@]3(C)C[C@H](O)[C@@]12F. The second-order valence-electron chi connectivity index (χ2n) is 12.2. The van der Waals surface area contributed by atoms with Crippen molar-refractivity contribution in [1.29, 1.82) is 0 Å². The van der Waals surface area contributed by atoms with Crippen LogP contribution in [-0.2, 0) is 16.1 Å². The number of carbonyl (C=O) groups is 2. The summed E-state index contributed by atoms with van der Waals surface area (Å²) in [7, 11) is 0. The third kappa shape index (κ3) is 2.76. The van der Waals surface area contributed by atoms with Gasteiger partial charge in [0.15, 0.2) is 11.5 Å². The summed E-state index contributed by atoms with van der Waals surface area (Å²) < 4.78 is 32.9. The summed E-state index contributed by atoms with van der Waals surface area (Å²) in [6.45, 7) is 5.00. The topological polar surface area (TPSA) is 77.8 Å². The van der Waals surface area contributed by atoms with Gasteiger partial charge in [0.25, 0.3) is 0 Å². The number of allylic oxidation sites excluding steroid dienone is 4. The number of aliphatic hydroxyl groups excluding tert-OH is 1. The van der Waals surface area contributed by atoms with E-state index in [4.69, 9.17) is 0 Å². The van der Waals surface area contributed by atoms with Crippen molar-refractivity contribution in [2.45, 2.75) is 57.6 Å². The molecule has 1 aromatic carbocycles. The van der Waals surface area contributed by atoms with Gasteiger partial charge in [-0.1, -0.05) is 43.3 Å². The Morgan fingerprint density at radius 2 is 1.89 bits per heavy atom. The van der Waals surface area contributed by atoms with E-state index in [1.165, 1.54) is 18.2 Å². The number of aliphatic hydroxyl groups is 1. The van der Waals surface area contributed by atoms with E-state index in [2.05, 4.69) is 4.90 Å². The van der Waals surface area contributed by atoms with Crippen LogP contribution in [0.5, 0.6) is 0 Å². The van der Waals surface area contributed by atoms with E-state index >= 15 is 8.78 Å². The first-order valence-electron chi connectivity index (χ1n) is 12.9. The van der Waals surface area contributed by atoms with Crippen LogP contribution in [0.1, 0.15) is 38.7 Å². The van der Waals surface area contributed by atoms with E-state index in [-0.39, 0.29) is 36.0 Å². The number of fused-ring (bicyclic) bond motifs is 7. The number of halogens is 2. The molecule has 1 aromatic rings. The van der Waals surface area contributed by atoms with Crippen LogP contribution in [0.3, 0.4) is 0 Å². The summed E-state index contributed by atoms with van der Waals surface area (Å²) in [5, 5.41) is 22.2. The molecule has 4 fully saturated rings. The summed E-state index contributed by atoms with van der Waals surface area (Å²) in [6, 6.07) is 9.90. The number of likely N-dealkylation sites (tertiary alicyclic amines) is 1. The highest BCUT2D eigenvalue weighted by atomic mass is 19.1. The molecule has 5 aliphatic rings. The molecule has 192 valence electrons. The van der Waals surface area contributed by atoms with Crippen LogP contribution < -0.4 is 0 Å². The van der Waals surface area contributed by atoms with Gasteiger partial charge in [-0.2, -0.15) is 0 Å². The number of hydrogen-bond acceptors (Lipinski definition) is 4. The minimum absolute atomic E-state index is 0.00570. The zero-order valence-corrected chi connectivity index (χ0v) is 20.7. The van der Waals surface area contributed by atoms with Crippen molar-refractivity contribution in [3.8, 4) is 0 Å². The molecule has 2 N–H and O–H groups in total. The fraction of sp³-hybridized carbons (Fsp3) is 0.586. The molecule has 1 heterocycles. The molecule has 3 saturated carbocycles. The third-order valence-electron chi connectivity index (χ3n) is 10.9. The maximum absolute atomic E-state index is 17.3. The van der Waals surface area contributed by atoms with Crippen molar-refractivity contribution in [2.24, 2.45) is 34.0 Å². The van der Waals surface area contributed by atoms with E-state index in [0.717, 1.165) is 5.56 Å². The Hall–Kier alpha value is -2.38. The Bertz CT molecular complexity index is 1180. The monoisotopic (exact) mass is 497 g/mol. The molecule has 1 saturated heterocycles. The van der Waals surface area contributed by atoms with E-state index in [9.17, 15) is 19.8 Å². The van der Waals surface area contributed by atoms with Gasteiger partial charge in [0.1, 0.15) is 6.17 Å². The summed E-state index contributed by atoms with van der Waals surface area (Å²) >= 11 is 0. The highest BCUT2D eigenvalue weighted by molar-refractivity contribution is 6.01. The maximum Gasteiger partial charge on any atom is 0.311 e. The van der Waals surface area contributed by atoms with Crippen LogP contribution in [0, 0.1) is 34.0 Å². The Morgan fingerprint density at radius 3 is 2.58 bits per heavy atom. The van der Waals surface area contributed by atoms with Crippen molar-refractivity contribution in [3.63, 3.8) is 0 Å². The predicted molar refractivity (Wildman–Crippen MR) is 129 cm³/mol. The van der Waals surface area contributed by atoms with E-state index in [1.807, 2.05) is 37.3 Å². The molecule has 9 atom stereocenters. The van der Waals surface area contributed by atoms with Gasteiger partial charge in [-0.25, -0.2) is 8.78 Å². The molecule has 0 radical (unpaired) electrons. The largest absolute Gasteiger partial charge is 0.481 e. The quantitative estimate of drug-likeness (QED) is 0.657. The second-order valence-corrected chi connectivity index (χ2v) is 12.2. The predicted octanol–water partition coefficient (Wildman–Crippen LogP) is 4.12. The van der Waals surface area contributed by atoms with Crippen LogP contribution in [0.25, 0.3) is 0 Å². The second kappa shape index (κ2) is 7.57. The van der Waals surface area contributed by atoms with Crippen molar-refractivity contribution in [3.05, 3.63) is 59.7 Å². The van der Waals surface area contributed by atoms with Gasteiger partial charge in [-0.05, 0) is 66.7 Å². The Kier molecular flexibility index (Phi) is 5.05. The molecule has 1 unspecified atom stereocenters. The fourth-order valence-electron chi connectivity index (χ4n) is 9.19. The summed E-state index contributed by atoms with van der Waals surface area (Å²) in [5.41, 5.74) is -4.46. The lowest BCUT2D eigenvalue weighted by Crippen LogP contribution is -2.69. The number of hydrogen-bond donors (Lipinski definition) is 2. The molecular formula is C29H33F2NO4. The van der Waals surface area contributed by atoms with Gasteiger partial charge in [-0.15, -0.1) is 0 Å². The van der Waals surface area contributed by atoms with Gasteiger partial charge in [-0.3, -0.25) is 14.5 Å². The molecule has 7 heteroatoms. The molecule has 0 aromatic heterocycles. The smallest absolute Gasteiger partial charge is 0.311 e. The van der Waals surface area contributed by atoms with Crippen molar-refractivity contribution in [1.82, 2.24) is 4.90 Å². The number of carboxylic acids is 1. The molecular weight excluding hydrogens is 464 g/mol. The number of carbonyl (C=O) groups excluding carboxylic acids is 1. The third-order valence-corrected chi connectivity index (χ3v) is 10.9. The minimum atomic E-state index is -2.18. The number of ketones is 1. The first kappa shape index (κ1) is 24.0. The number of carboxylic acid groups (broad SMARTS) is 1. The highest BCUT2D eigenvalue weighted by Gasteiger charge is 2.78. The van der Waals surface area contributed by atoms with Gasteiger partial charge < -0.3 is 10.2 Å². The molecule has 0 spiro atoms. The van der Waals surface area contributed by atoms with Crippen molar-refractivity contribution >= 4 is 11.8 Å². The van der Waals surface area contributed by atoms with Crippen LogP contribution in [0.2, 0.25) is 0 Å². The van der Waals surface area contributed by atoms with E-state index in [1.54, 1.807) is 6.92 Å². The lowest BCUT2D eigenvalue weighted by molar-refractivity contribution is -0.215. The standard InChI is InChI=1S/C29H33F2NO4/c1-26-9-8-19(33)11-22(26)23(30)12-21-20-10-18-15-32(14-17-6-4-3-5-7-17)16-28(18,25(35)36)27(20,2)13-24(34)29(21,26)31/h3-9,11,18,20-21,23-24,34H,10,12-16H2,1-2H3,(H,35,36)/t18-,20-,21?,23-,24-,26-,27-,28+,29-/m0/s1. The number of nitrogens with zero attached hydrogens (tertiary/aromatic N) is 1. The van der Waals surface area contributed by atoms with Gasteiger partial charge in [0.05, 0.1) is 11.5 Å². The van der Waals surface area contributed by atoms with Crippen LogP contribution >= 0.6 is 0 Å². The lowest BCUT2D eigenvalue weighted by atomic mass is 9.43. The molecule has 0 amide bonds. The number of rotatable bonds is 3. The Labute approximate surface area is 209 Å². The highest BCUT2D eigenvalue weighted by Crippen LogP contribution is 2.74. The van der Waals surface area contributed by atoms with Gasteiger partial charge in [0, 0.05) is 31.0 Å². The average molecular weight is 498 g/mol. The van der Waals surface area contributed by atoms with Crippen LogP contribution in [-0.4, -0.2) is 57.9 Å². The Balaban J connectivity index is 1.39. The van der Waals surface area contributed by atoms with Crippen LogP contribution in [0.15, 0.2) is 54.1 Å². The number of alkyl halides is 2. The zero-order chi connectivity index (χ0) is 25.7. The lowest BCUT2D eigenvalue weighted by Gasteiger charge is -2.63. The Morgan fingerprint density at radius 1 is 1.17 bits per heavy atom. The first-order chi connectivity index (χ1) is 17.0. The fourth-order valence-corrected chi connectivity index (χ4v) is 9.19. The maximum atomic E-state index is 17.3. The van der Waals surface area contributed by atoms with Gasteiger partial charge in [0.2, 0.25) is 0 Å². The van der Waals surface area contributed by atoms with E-state index < -0.39 is 46.1 Å². The van der Waals surface area contributed by atoms with Crippen molar-refractivity contribution < 1.29 is 28.6 Å². The molecule has 5 nitrogen and oxygen atoms in total. The molecule has 36 heavy (non-hydrogen) atoms. The molecule has 0 bridgehead atoms. The number of aliphatic carboxylic acids is 1. The summed E-state index contributed by atoms with van der Waals surface area (Å²) in [4.78, 5) is 27.2. The summed E-state index contributed by atoms with van der Waals surface area (Å²) in [6.07, 6.45) is 1.24. The average Bonchev–Trinajstić information content (AvgIpc) is 3.31. The molecule has 1 aliphatic heterocycles. The van der Waals surface area contributed by atoms with Gasteiger partial charge >= 0.3 is 5.97 Å². The first-order valence-corrected chi connectivity index (χ1v) is 12.9. The zero-order valence-electron chi connectivity index (χ0n) is 20.7. The van der Waals surface area contributed by atoms with E-state index in [0.29, 0.717) is 26.1 Å². The van der Waals surface area contributed by atoms with Crippen molar-refractivity contribution in [2.75, 3.05) is 13.1 Å². The normalized spacial score (nSPS) is 47.5. The summed E-state index contributed by atoms with van der Waals surface area (Å²) in [5.74, 6) is -2.72. The minimum Gasteiger partial charge on any atom is -0.481 e. The van der Waals surface area contributed by atoms with Crippen LogP contribution in [0.4, 0.5) is 8.78 Å². The molecule has 6 rings (SSSR count).